The average Bonchev–Trinajstić information content (AvgIpc) is 3.36. The molecule has 1 amide bonds. The van der Waals surface area contributed by atoms with Gasteiger partial charge < -0.3 is 5.32 Å². The van der Waals surface area contributed by atoms with E-state index in [0.29, 0.717) is 11.7 Å². The van der Waals surface area contributed by atoms with Crippen molar-refractivity contribution >= 4 is 44.7 Å². The van der Waals surface area contributed by atoms with Crippen molar-refractivity contribution in [2.75, 3.05) is 5.32 Å². The standard InChI is InChI=1S/C18H16N4O2S2/c1-21-13-5-2-3-6-14(13)22(18(21)24)9-8-16(23)20-17-19-12(11-26-17)15-7-4-10-25-15/h2-7,10-11H,8-9H2,1H3,(H,19,20,23). The predicted molar refractivity (Wildman–Crippen MR) is 106 cm³/mol. The first kappa shape index (κ1) is 16.7. The molecule has 0 aliphatic rings. The van der Waals surface area contributed by atoms with Gasteiger partial charge in [-0.2, -0.15) is 0 Å². The molecule has 4 aromatic rings. The van der Waals surface area contributed by atoms with Crippen molar-refractivity contribution in [1.82, 2.24) is 14.1 Å². The third kappa shape index (κ3) is 3.09. The van der Waals surface area contributed by atoms with Crippen molar-refractivity contribution in [2.24, 2.45) is 7.05 Å². The number of para-hydroxylation sites is 2. The van der Waals surface area contributed by atoms with Gasteiger partial charge in [0.25, 0.3) is 0 Å². The number of amides is 1. The molecule has 0 saturated heterocycles. The zero-order valence-electron chi connectivity index (χ0n) is 14.0. The Balaban J connectivity index is 1.45. The van der Waals surface area contributed by atoms with Gasteiger partial charge in [-0.3, -0.25) is 13.9 Å². The van der Waals surface area contributed by atoms with Crippen LogP contribution in [0.2, 0.25) is 0 Å². The van der Waals surface area contributed by atoms with Gasteiger partial charge in [0.1, 0.15) is 0 Å². The van der Waals surface area contributed by atoms with Crippen molar-refractivity contribution in [3.8, 4) is 10.6 Å². The summed E-state index contributed by atoms with van der Waals surface area (Å²) in [5.74, 6) is -0.156. The van der Waals surface area contributed by atoms with Gasteiger partial charge in [-0.1, -0.05) is 18.2 Å². The number of aryl methyl sites for hydroxylation is 2. The van der Waals surface area contributed by atoms with E-state index in [1.54, 1.807) is 27.5 Å². The maximum atomic E-state index is 12.4. The lowest BCUT2D eigenvalue weighted by molar-refractivity contribution is -0.116. The molecule has 0 aliphatic heterocycles. The maximum Gasteiger partial charge on any atom is 0.328 e. The highest BCUT2D eigenvalue weighted by atomic mass is 32.1. The second-order valence-electron chi connectivity index (χ2n) is 5.80. The zero-order chi connectivity index (χ0) is 18.1. The molecule has 0 aliphatic carbocycles. The lowest BCUT2D eigenvalue weighted by atomic mass is 10.3. The van der Waals surface area contributed by atoms with Crippen LogP contribution in [-0.2, 0) is 18.4 Å². The minimum Gasteiger partial charge on any atom is -0.302 e. The van der Waals surface area contributed by atoms with Crippen LogP contribution in [0.25, 0.3) is 21.6 Å². The molecular formula is C18H16N4O2S2. The van der Waals surface area contributed by atoms with Gasteiger partial charge >= 0.3 is 5.69 Å². The van der Waals surface area contributed by atoms with Gasteiger partial charge in [-0.15, -0.1) is 22.7 Å². The number of imidazole rings is 1. The zero-order valence-corrected chi connectivity index (χ0v) is 15.6. The fourth-order valence-electron chi connectivity index (χ4n) is 2.84. The minimum atomic E-state index is -0.156. The van der Waals surface area contributed by atoms with Gasteiger partial charge in [0.2, 0.25) is 5.91 Å². The summed E-state index contributed by atoms with van der Waals surface area (Å²) in [7, 11) is 1.74. The predicted octanol–water partition coefficient (Wildman–Crippen LogP) is 3.55. The van der Waals surface area contributed by atoms with Crippen molar-refractivity contribution in [3.05, 3.63) is 57.6 Å². The lowest BCUT2D eigenvalue weighted by Gasteiger charge is -2.03. The van der Waals surface area contributed by atoms with Gasteiger partial charge in [-0.05, 0) is 23.6 Å². The molecule has 3 heterocycles. The molecule has 0 spiro atoms. The summed E-state index contributed by atoms with van der Waals surface area (Å²) in [6.07, 6.45) is 0.210. The van der Waals surface area contributed by atoms with Crippen LogP contribution < -0.4 is 11.0 Å². The second-order valence-corrected chi connectivity index (χ2v) is 7.60. The Hall–Kier alpha value is -2.71. The summed E-state index contributed by atoms with van der Waals surface area (Å²) < 4.78 is 3.23. The molecule has 0 atom stereocenters. The number of anilines is 1. The highest BCUT2D eigenvalue weighted by Gasteiger charge is 2.13. The summed E-state index contributed by atoms with van der Waals surface area (Å²) in [4.78, 5) is 30.2. The quantitative estimate of drug-likeness (QED) is 0.572. The third-order valence-electron chi connectivity index (χ3n) is 4.14. The normalized spacial score (nSPS) is 11.1. The van der Waals surface area contributed by atoms with Gasteiger partial charge in [-0.25, -0.2) is 9.78 Å². The van der Waals surface area contributed by atoms with E-state index in [-0.39, 0.29) is 18.0 Å². The number of carbonyl (C=O) groups is 1. The third-order valence-corrected chi connectivity index (χ3v) is 5.79. The monoisotopic (exact) mass is 384 g/mol. The number of nitrogens with one attached hydrogen (secondary N) is 1. The number of aromatic nitrogens is 3. The Morgan fingerprint density at radius 2 is 1.96 bits per heavy atom. The first-order valence-electron chi connectivity index (χ1n) is 8.07. The molecule has 1 aromatic carbocycles. The van der Waals surface area contributed by atoms with E-state index in [9.17, 15) is 9.59 Å². The summed E-state index contributed by atoms with van der Waals surface area (Å²) in [6, 6.07) is 11.5. The Labute approximate surface area is 157 Å². The average molecular weight is 384 g/mol. The number of nitrogens with zero attached hydrogens (tertiary/aromatic N) is 3. The van der Waals surface area contributed by atoms with Crippen molar-refractivity contribution in [1.29, 1.82) is 0 Å². The number of benzene rings is 1. The van der Waals surface area contributed by atoms with Crippen LogP contribution in [0.15, 0.2) is 52.0 Å². The van der Waals surface area contributed by atoms with E-state index in [1.165, 1.54) is 11.3 Å². The van der Waals surface area contributed by atoms with E-state index in [4.69, 9.17) is 0 Å². The molecule has 6 nitrogen and oxygen atoms in total. The maximum absolute atomic E-state index is 12.4. The number of hydrogen-bond donors (Lipinski definition) is 1. The van der Waals surface area contributed by atoms with Crippen molar-refractivity contribution in [2.45, 2.75) is 13.0 Å². The molecule has 0 radical (unpaired) electrons. The van der Waals surface area contributed by atoms with Crippen LogP contribution >= 0.6 is 22.7 Å². The molecule has 0 bridgehead atoms. The van der Waals surface area contributed by atoms with E-state index in [0.717, 1.165) is 21.6 Å². The van der Waals surface area contributed by atoms with Crippen LogP contribution in [0.1, 0.15) is 6.42 Å². The number of rotatable bonds is 5. The molecule has 132 valence electrons. The molecule has 8 heteroatoms. The second kappa shape index (κ2) is 6.89. The Morgan fingerprint density at radius 3 is 2.73 bits per heavy atom. The molecule has 1 N–H and O–H groups in total. The lowest BCUT2D eigenvalue weighted by Crippen LogP contribution is -2.24. The summed E-state index contributed by atoms with van der Waals surface area (Å²) in [5.41, 5.74) is 2.44. The SMILES string of the molecule is Cn1c(=O)n(CCC(=O)Nc2nc(-c3cccs3)cs2)c2ccccc21. The van der Waals surface area contributed by atoms with Crippen LogP contribution in [0.4, 0.5) is 5.13 Å². The highest BCUT2D eigenvalue weighted by Crippen LogP contribution is 2.28. The summed E-state index contributed by atoms with van der Waals surface area (Å²) in [5, 5.41) is 7.31. The van der Waals surface area contributed by atoms with Crippen molar-refractivity contribution in [3.63, 3.8) is 0 Å². The number of hydrogen-bond acceptors (Lipinski definition) is 5. The van der Waals surface area contributed by atoms with Gasteiger partial charge in [0.05, 0.1) is 21.6 Å². The Morgan fingerprint density at radius 1 is 1.15 bits per heavy atom. The molecule has 0 saturated carbocycles. The first-order valence-corrected chi connectivity index (χ1v) is 9.83. The molecule has 3 aromatic heterocycles. The van der Waals surface area contributed by atoms with E-state index in [2.05, 4.69) is 10.3 Å². The van der Waals surface area contributed by atoms with E-state index < -0.39 is 0 Å². The molecule has 0 unspecified atom stereocenters. The van der Waals surface area contributed by atoms with E-state index in [1.807, 2.05) is 47.2 Å². The number of thiophene rings is 1. The van der Waals surface area contributed by atoms with Crippen LogP contribution in [0.3, 0.4) is 0 Å². The largest absolute Gasteiger partial charge is 0.328 e. The summed E-state index contributed by atoms with van der Waals surface area (Å²) >= 11 is 3.01. The Kier molecular flexibility index (Phi) is 4.44. The van der Waals surface area contributed by atoms with Crippen LogP contribution in [0.5, 0.6) is 0 Å². The minimum absolute atomic E-state index is 0.117. The fraction of sp³-hybridized carbons (Fsp3) is 0.167. The smallest absolute Gasteiger partial charge is 0.302 e. The molecular weight excluding hydrogens is 368 g/mol. The van der Waals surface area contributed by atoms with Crippen LogP contribution in [-0.4, -0.2) is 20.0 Å². The number of thiazole rings is 1. The number of carbonyl (C=O) groups excluding carboxylic acids is 1. The van der Waals surface area contributed by atoms with Gasteiger partial charge in [0.15, 0.2) is 5.13 Å². The summed E-state index contributed by atoms with van der Waals surface area (Å²) in [6.45, 7) is 0.329. The topological polar surface area (TPSA) is 68.9 Å². The van der Waals surface area contributed by atoms with Crippen molar-refractivity contribution < 1.29 is 4.79 Å². The molecule has 26 heavy (non-hydrogen) atoms. The fourth-order valence-corrected chi connectivity index (χ4v) is 4.33. The van der Waals surface area contributed by atoms with E-state index >= 15 is 0 Å². The number of fused-ring (bicyclic) bond motifs is 1. The molecule has 0 fully saturated rings. The molecule has 4 rings (SSSR count). The van der Waals surface area contributed by atoms with Gasteiger partial charge in [0, 0.05) is 25.4 Å². The highest BCUT2D eigenvalue weighted by molar-refractivity contribution is 7.16. The first-order chi connectivity index (χ1) is 12.6. The van der Waals surface area contributed by atoms with Crippen LogP contribution in [0, 0.1) is 0 Å². The Bertz CT molecular complexity index is 1120.